The highest BCUT2D eigenvalue weighted by atomic mass is 79.9. The van der Waals surface area contributed by atoms with Gasteiger partial charge in [-0.2, -0.15) is 0 Å². The number of anilines is 2. The summed E-state index contributed by atoms with van der Waals surface area (Å²) in [6.07, 6.45) is -6.05. The van der Waals surface area contributed by atoms with Crippen molar-refractivity contribution >= 4 is 61.5 Å². The lowest BCUT2D eigenvalue weighted by atomic mass is 10.0. The smallest absolute Gasteiger partial charge is 0.164 e. The van der Waals surface area contributed by atoms with Gasteiger partial charge in [0.2, 0.25) is 0 Å². The van der Waals surface area contributed by atoms with Crippen molar-refractivity contribution in [2.75, 3.05) is 25.6 Å². The van der Waals surface area contributed by atoms with E-state index in [0.29, 0.717) is 31.9 Å². The molecule has 0 saturated carbocycles. The van der Waals surface area contributed by atoms with Crippen molar-refractivity contribution in [3.8, 4) is 11.5 Å². The van der Waals surface area contributed by atoms with Crippen molar-refractivity contribution in [3.05, 3.63) is 45.1 Å². The van der Waals surface area contributed by atoms with E-state index in [1.807, 2.05) is 0 Å². The summed E-state index contributed by atoms with van der Waals surface area (Å²) >= 11 is 15.8. The first kappa shape index (κ1) is 29.2. The minimum atomic E-state index is -2.12. The molecule has 3 aromatic rings. The molecule has 2 aromatic carbocycles. The molecule has 35 heavy (non-hydrogen) atoms. The number of benzene rings is 2. The average Bonchev–Trinajstić information content (AvgIpc) is 2.85. The largest absolute Gasteiger partial charge is 0.493 e. The van der Waals surface area contributed by atoms with Gasteiger partial charge < -0.3 is 40.7 Å². The van der Waals surface area contributed by atoms with Crippen molar-refractivity contribution in [2.24, 2.45) is 0 Å². The monoisotopic (exact) mass is 597 g/mol. The van der Waals surface area contributed by atoms with Crippen LogP contribution in [0.15, 0.2) is 35.1 Å². The van der Waals surface area contributed by atoms with Gasteiger partial charge in [-0.3, -0.25) is 0 Å². The normalized spacial score (nSPS) is 14.5. The molecule has 0 spiro atoms. The number of alkyl halides is 1. The van der Waals surface area contributed by atoms with E-state index in [2.05, 4.69) is 31.2 Å². The van der Waals surface area contributed by atoms with E-state index >= 15 is 0 Å². The topological polar surface area (TPSA) is 169 Å². The molecular weight excluding hydrogens is 576 g/mol. The predicted molar refractivity (Wildman–Crippen MR) is 133 cm³/mol. The summed E-state index contributed by atoms with van der Waals surface area (Å²) in [5.41, 5.74) is 0.898. The molecule has 4 atom stereocenters. The van der Waals surface area contributed by atoms with Crippen molar-refractivity contribution < 1.29 is 39.8 Å². The van der Waals surface area contributed by atoms with Gasteiger partial charge in [-0.25, -0.2) is 14.4 Å². The number of aliphatic hydroxyl groups is 4. The summed E-state index contributed by atoms with van der Waals surface area (Å²) in [6.45, 7) is -1.76. The summed E-state index contributed by atoms with van der Waals surface area (Å²) < 4.78 is 25.2. The maximum atomic E-state index is 13.6. The van der Waals surface area contributed by atoms with Gasteiger partial charge in [0.05, 0.1) is 41.6 Å². The molecule has 3 rings (SSSR count). The third-order valence-electron chi connectivity index (χ3n) is 4.94. The lowest BCUT2D eigenvalue weighted by Gasteiger charge is -2.28. The summed E-state index contributed by atoms with van der Waals surface area (Å²) in [6, 6.07) is 6.46. The molecule has 1 aromatic heterocycles. The van der Waals surface area contributed by atoms with Crippen LogP contribution in [0.2, 0.25) is 10.0 Å². The molecule has 0 amide bonds. The Morgan fingerprint density at radius 3 is 2.40 bits per heavy atom. The molecule has 0 aliphatic rings. The van der Waals surface area contributed by atoms with Gasteiger partial charge in [-0.05, 0) is 34.1 Å². The Kier molecular flexibility index (Phi) is 10.7. The van der Waals surface area contributed by atoms with Crippen LogP contribution in [-0.4, -0.2) is 80.7 Å². The molecule has 1 heterocycles. The minimum absolute atomic E-state index is 0. The van der Waals surface area contributed by atoms with Crippen LogP contribution in [0.5, 0.6) is 11.5 Å². The number of hydrogen-bond donors (Lipinski definition) is 5. The molecule has 0 aliphatic heterocycles. The maximum Gasteiger partial charge on any atom is 0.164 e. The van der Waals surface area contributed by atoms with Crippen molar-refractivity contribution in [2.45, 2.75) is 24.5 Å². The minimum Gasteiger partial charge on any atom is -0.493 e. The van der Waals surface area contributed by atoms with Gasteiger partial charge in [0.25, 0.3) is 0 Å². The Balaban J connectivity index is 0.00000432. The second-order valence-corrected chi connectivity index (χ2v) is 8.72. The molecule has 0 unspecified atom stereocenters. The highest BCUT2D eigenvalue weighted by Gasteiger charge is 2.34. The molecule has 0 radical (unpaired) electrons. The number of halogens is 4. The van der Waals surface area contributed by atoms with E-state index in [1.165, 1.54) is 19.5 Å². The van der Waals surface area contributed by atoms with Gasteiger partial charge in [0.15, 0.2) is 23.8 Å². The second kappa shape index (κ2) is 12.8. The van der Waals surface area contributed by atoms with Crippen molar-refractivity contribution in [3.63, 3.8) is 0 Å². The van der Waals surface area contributed by atoms with E-state index in [9.17, 15) is 19.7 Å². The van der Waals surface area contributed by atoms with Gasteiger partial charge in [0, 0.05) is 15.9 Å². The summed E-state index contributed by atoms with van der Waals surface area (Å²) in [7, 11) is 1.37. The van der Waals surface area contributed by atoms with Crippen LogP contribution in [0.1, 0.15) is 0 Å². The maximum absolute atomic E-state index is 13.6. The molecular formula is C21H23BrCl2FN3O7. The Labute approximate surface area is 217 Å². The number of nitrogens with one attached hydrogen (secondary N) is 1. The Bertz CT molecular complexity index is 1160. The van der Waals surface area contributed by atoms with E-state index in [1.54, 1.807) is 18.2 Å². The lowest BCUT2D eigenvalue weighted by Crippen LogP contribution is -2.48. The van der Waals surface area contributed by atoms with Crippen LogP contribution in [0.4, 0.5) is 15.9 Å². The highest BCUT2D eigenvalue weighted by Crippen LogP contribution is 2.39. The van der Waals surface area contributed by atoms with Crippen LogP contribution < -0.4 is 14.8 Å². The number of aliphatic hydroxyl groups excluding tert-OH is 4. The fourth-order valence-electron chi connectivity index (χ4n) is 3.09. The third-order valence-corrected chi connectivity index (χ3v) is 6.71. The molecule has 192 valence electrons. The zero-order chi connectivity index (χ0) is 25.0. The van der Waals surface area contributed by atoms with Crippen molar-refractivity contribution in [1.82, 2.24) is 9.97 Å². The molecule has 0 bridgehead atoms. The number of hydrogen-bond acceptors (Lipinski definition) is 9. The average molecular weight is 599 g/mol. The first-order valence-corrected chi connectivity index (χ1v) is 11.4. The Morgan fingerprint density at radius 2 is 1.77 bits per heavy atom. The highest BCUT2D eigenvalue weighted by molar-refractivity contribution is 9.10. The Hall–Kier alpha value is -2.03. The number of rotatable bonds is 10. The molecule has 7 N–H and O–H groups in total. The molecule has 14 heteroatoms. The second-order valence-electron chi connectivity index (χ2n) is 7.11. The fourth-order valence-corrected chi connectivity index (χ4v) is 3.91. The van der Waals surface area contributed by atoms with Crippen LogP contribution in [0.3, 0.4) is 0 Å². The van der Waals surface area contributed by atoms with Gasteiger partial charge >= 0.3 is 0 Å². The first-order valence-electron chi connectivity index (χ1n) is 9.83. The SMILES string of the molecule is COc1cc2c(Nc3ccc(Br)c(Cl)c3Cl)ncnc2cc1O[C@H](CO)[C@H](O)[C@@H](O)[C@H](F)CO.O. The molecule has 10 nitrogen and oxygen atoms in total. The number of methoxy groups -OCH3 is 1. The number of nitrogens with zero attached hydrogens (tertiary/aromatic N) is 2. The molecule has 0 aliphatic carbocycles. The Morgan fingerprint density at radius 1 is 1.06 bits per heavy atom. The summed E-state index contributed by atoms with van der Waals surface area (Å²) in [5, 5.41) is 42.8. The van der Waals surface area contributed by atoms with E-state index < -0.39 is 37.7 Å². The summed E-state index contributed by atoms with van der Waals surface area (Å²) in [5.74, 6) is 0.631. The zero-order valence-corrected chi connectivity index (χ0v) is 21.2. The van der Waals surface area contributed by atoms with E-state index in [-0.39, 0.29) is 22.0 Å². The number of aromatic nitrogens is 2. The van der Waals surface area contributed by atoms with Gasteiger partial charge in [0.1, 0.15) is 24.4 Å². The summed E-state index contributed by atoms with van der Waals surface area (Å²) in [4.78, 5) is 8.45. The lowest BCUT2D eigenvalue weighted by molar-refractivity contribution is -0.0981. The standard InChI is InChI=1S/C21H21BrCl2FN3O6.H2O/c1-33-14-4-9-13(5-15(14)34-16(7-30)20(32)19(31)11(25)6-29)26-8-27-21(9)28-12-3-2-10(22)17(23)18(12)24;/h2-5,8,11,16,19-20,29-32H,6-7H2,1H3,(H,26,27,28);1H2/t11-,16-,19+,20+;/m1./s1. The van der Waals surface area contributed by atoms with Crippen LogP contribution in [0.25, 0.3) is 10.9 Å². The first-order chi connectivity index (χ1) is 16.2. The van der Waals surface area contributed by atoms with Crippen LogP contribution in [-0.2, 0) is 0 Å². The number of fused-ring (bicyclic) bond motifs is 1. The molecule has 0 saturated heterocycles. The number of ether oxygens (including phenoxy) is 2. The molecule has 0 fully saturated rings. The van der Waals surface area contributed by atoms with E-state index in [0.717, 1.165) is 0 Å². The zero-order valence-electron chi connectivity index (χ0n) is 18.1. The third kappa shape index (κ3) is 6.40. The van der Waals surface area contributed by atoms with Gasteiger partial charge in [-0.15, -0.1) is 0 Å². The predicted octanol–water partition coefficient (Wildman–Crippen LogP) is 2.42. The fraction of sp³-hybridized carbons (Fsp3) is 0.333. The van der Waals surface area contributed by atoms with Gasteiger partial charge in [-0.1, -0.05) is 23.2 Å². The van der Waals surface area contributed by atoms with Crippen LogP contribution >= 0.6 is 39.1 Å². The van der Waals surface area contributed by atoms with Crippen molar-refractivity contribution in [1.29, 1.82) is 0 Å². The van der Waals surface area contributed by atoms with E-state index in [4.69, 9.17) is 37.8 Å². The quantitative estimate of drug-likeness (QED) is 0.220. The van der Waals surface area contributed by atoms with Crippen LogP contribution in [0, 0.1) is 0 Å².